The molecule has 0 amide bonds. The molecule has 0 atom stereocenters. The molecule has 0 saturated carbocycles. The summed E-state index contributed by atoms with van der Waals surface area (Å²) in [5.74, 6) is 0. The molecule has 1 aromatic rings. The normalized spacial score (nSPS) is 17.6. The first-order valence-electron chi connectivity index (χ1n) is 3.49. The van der Waals surface area contributed by atoms with Crippen molar-refractivity contribution in [3.05, 3.63) is 18.0 Å². The van der Waals surface area contributed by atoms with Crippen LogP contribution in [-0.2, 0) is 7.05 Å². The highest BCUT2D eigenvalue weighted by molar-refractivity contribution is 4.98. The van der Waals surface area contributed by atoms with Crippen LogP contribution in [-0.4, -0.2) is 9.78 Å². The molecule has 38 valence electrons. The summed E-state index contributed by atoms with van der Waals surface area (Å²) in [6.45, 7) is -2.02. The third kappa shape index (κ3) is 0.796. The van der Waals surface area contributed by atoms with Crippen LogP contribution in [0, 0.1) is 6.85 Å². The first-order chi connectivity index (χ1) is 4.50. The molecule has 2 heteroatoms. The van der Waals surface area contributed by atoms with Gasteiger partial charge in [0.2, 0.25) is 0 Å². The summed E-state index contributed by atoms with van der Waals surface area (Å²) >= 11 is 0. The maximum absolute atomic E-state index is 6.97. The number of hydrogen-bond acceptors (Lipinski definition) is 1. The molecular formula is C5H8N2. The van der Waals surface area contributed by atoms with Gasteiger partial charge in [-0.2, -0.15) is 5.10 Å². The Morgan fingerprint density at radius 3 is 3.14 bits per heavy atom. The molecule has 0 unspecified atom stereocenters. The van der Waals surface area contributed by atoms with Gasteiger partial charge in [-0.1, -0.05) is 0 Å². The predicted molar refractivity (Wildman–Crippen MR) is 27.9 cm³/mol. The van der Waals surface area contributed by atoms with Crippen molar-refractivity contribution in [2.75, 3.05) is 0 Å². The van der Waals surface area contributed by atoms with Gasteiger partial charge in [0.25, 0.3) is 0 Å². The van der Waals surface area contributed by atoms with Gasteiger partial charge in [-0.15, -0.1) is 0 Å². The molecule has 0 aliphatic heterocycles. The molecule has 1 rings (SSSR count). The van der Waals surface area contributed by atoms with Crippen LogP contribution < -0.4 is 0 Å². The van der Waals surface area contributed by atoms with Crippen molar-refractivity contribution in [1.82, 2.24) is 9.78 Å². The molecule has 2 nitrogen and oxygen atoms in total. The van der Waals surface area contributed by atoms with Gasteiger partial charge in [0.05, 0.1) is 6.20 Å². The van der Waals surface area contributed by atoms with Gasteiger partial charge in [0, 0.05) is 17.4 Å². The molecule has 0 saturated heterocycles. The average Bonchev–Trinajstić information content (AvgIpc) is 2.11. The van der Waals surface area contributed by atoms with Gasteiger partial charge >= 0.3 is 0 Å². The van der Waals surface area contributed by atoms with Crippen LogP contribution in [0.3, 0.4) is 0 Å². The second-order valence-corrected chi connectivity index (χ2v) is 1.40. The van der Waals surface area contributed by atoms with Crippen molar-refractivity contribution in [3.63, 3.8) is 0 Å². The molecule has 0 fully saturated rings. The number of hydrogen-bond donors (Lipinski definition) is 0. The third-order valence-corrected chi connectivity index (χ3v) is 0.705. The molecule has 1 aromatic heterocycles. The van der Waals surface area contributed by atoms with Crippen molar-refractivity contribution in [2.24, 2.45) is 7.05 Å². The molecular weight excluding hydrogens is 88.1 g/mol. The lowest BCUT2D eigenvalue weighted by molar-refractivity contribution is 0.767. The highest BCUT2D eigenvalue weighted by Crippen LogP contribution is 1.88. The van der Waals surface area contributed by atoms with Crippen molar-refractivity contribution in [1.29, 1.82) is 0 Å². The predicted octanol–water partition coefficient (Wildman–Crippen LogP) is 0.729. The fourth-order valence-electron chi connectivity index (χ4n) is 0.421. The standard InChI is InChI=1S/C5H8N2/c1-5-3-6-7(2)4-5/h3-4H,1-2H3/i1D3. The number of aromatic nitrogens is 2. The first-order valence-corrected chi connectivity index (χ1v) is 1.99. The monoisotopic (exact) mass is 99.1 g/mol. The smallest absolute Gasteiger partial charge is 0.0518 e. The van der Waals surface area contributed by atoms with Crippen LogP contribution >= 0.6 is 0 Å². The number of nitrogens with zero attached hydrogens (tertiary/aromatic N) is 2. The van der Waals surface area contributed by atoms with Crippen LogP contribution in [0.4, 0.5) is 0 Å². The van der Waals surface area contributed by atoms with Gasteiger partial charge in [-0.3, -0.25) is 4.68 Å². The topological polar surface area (TPSA) is 17.8 Å². The summed E-state index contributed by atoms with van der Waals surface area (Å²) in [6, 6.07) is 0. The average molecular weight is 99.2 g/mol. The second kappa shape index (κ2) is 1.37. The van der Waals surface area contributed by atoms with E-state index in [2.05, 4.69) is 5.10 Å². The minimum Gasteiger partial charge on any atom is -0.276 e. The molecule has 0 aromatic carbocycles. The maximum Gasteiger partial charge on any atom is 0.0518 e. The fraction of sp³-hybridized carbons (Fsp3) is 0.400. The summed E-state index contributed by atoms with van der Waals surface area (Å²) in [7, 11) is 1.69. The lowest BCUT2D eigenvalue weighted by Gasteiger charge is -1.78. The van der Waals surface area contributed by atoms with Crippen LogP contribution in [0.1, 0.15) is 9.68 Å². The summed E-state index contributed by atoms with van der Waals surface area (Å²) in [4.78, 5) is 0. The Kier molecular flexibility index (Phi) is 0.389. The molecule has 0 spiro atoms. The summed E-state index contributed by atoms with van der Waals surface area (Å²) in [5, 5.41) is 3.74. The highest BCUT2D eigenvalue weighted by atomic mass is 15.2. The van der Waals surface area contributed by atoms with E-state index in [1.807, 2.05) is 0 Å². The molecule has 0 aliphatic rings. The van der Waals surface area contributed by atoms with Crippen LogP contribution in [0.25, 0.3) is 0 Å². The summed E-state index contributed by atoms with van der Waals surface area (Å²) in [6.07, 6.45) is 2.85. The molecule has 1 heterocycles. The fourth-order valence-corrected chi connectivity index (χ4v) is 0.421. The third-order valence-electron chi connectivity index (χ3n) is 0.705. The van der Waals surface area contributed by atoms with E-state index < -0.39 is 6.85 Å². The van der Waals surface area contributed by atoms with E-state index in [0.29, 0.717) is 0 Å². The number of rotatable bonds is 0. The highest BCUT2D eigenvalue weighted by Gasteiger charge is 1.81. The molecule has 0 aliphatic carbocycles. The van der Waals surface area contributed by atoms with E-state index in [4.69, 9.17) is 4.11 Å². The molecule has 7 heavy (non-hydrogen) atoms. The van der Waals surface area contributed by atoms with Crippen molar-refractivity contribution in [3.8, 4) is 0 Å². The second-order valence-electron chi connectivity index (χ2n) is 1.40. The molecule has 0 bridgehead atoms. The Hall–Kier alpha value is -0.790. The van der Waals surface area contributed by atoms with E-state index in [0.717, 1.165) is 0 Å². The number of aryl methyl sites for hydroxylation is 2. The van der Waals surface area contributed by atoms with Crippen molar-refractivity contribution in [2.45, 2.75) is 6.85 Å². The Balaban J connectivity index is 2.96. The van der Waals surface area contributed by atoms with Crippen LogP contribution in [0.5, 0.6) is 0 Å². The van der Waals surface area contributed by atoms with Crippen LogP contribution in [0.15, 0.2) is 12.4 Å². The van der Waals surface area contributed by atoms with Gasteiger partial charge in [0.15, 0.2) is 0 Å². The van der Waals surface area contributed by atoms with Crippen LogP contribution in [0.2, 0.25) is 0 Å². The SMILES string of the molecule is [2H]C([2H])([2H])c1cnn(C)c1. The van der Waals surface area contributed by atoms with E-state index in [1.165, 1.54) is 17.1 Å². The van der Waals surface area contributed by atoms with E-state index in [9.17, 15) is 0 Å². The zero-order valence-corrected chi connectivity index (χ0v) is 4.05. The summed E-state index contributed by atoms with van der Waals surface area (Å²) in [5.41, 5.74) is 0.287. The van der Waals surface area contributed by atoms with E-state index >= 15 is 0 Å². The van der Waals surface area contributed by atoms with Gasteiger partial charge < -0.3 is 0 Å². The Bertz CT molecular complexity index is 225. The van der Waals surface area contributed by atoms with Gasteiger partial charge in [-0.05, 0) is 12.4 Å². The molecule has 0 radical (unpaired) electrons. The maximum atomic E-state index is 6.97. The summed E-state index contributed by atoms with van der Waals surface area (Å²) < 4.78 is 22.4. The zero-order valence-electron chi connectivity index (χ0n) is 7.05. The Labute approximate surface area is 47.0 Å². The Morgan fingerprint density at radius 1 is 2.00 bits per heavy atom. The Morgan fingerprint density at radius 2 is 2.86 bits per heavy atom. The quantitative estimate of drug-likeness (QED) is 0.469. The molecule has 0 N–H and O–H groups in total. The van der Waals surface area contributed by atoms with Gasteiger partial charge in [-0.25, -0.2) is 0 Å². The largest absolute Gasteiger partial charge is 0.276 e. The first kappa shape index (κ1) is 1.99. The minimum atomic E-state index is -2.02. The lowest BCUT2D eigenvalue weighted by atomic mass is 10.4. The van der Waals surface area contributed by atoms with E-state index in [-0.39, 0.29) is 5.56 Å². The van der Waals surface area contributed by atoms with Crippen molar-refractivity contribution >= 4 is 0 Å². The van der Waals surface area contributed by atoms with Crippen molar-refractivity contribution < 1.29 is 4.11 Å². The minimum absolute atomic E-state index is 0.287. The zero-order chi connectivity index (χ0) is 7.78. The lowest BCUT2D eigenvalue weighted by Crippen LogP contribution is -1.83. The van der Waals surface area contributed by atoms with Gasteiger partial charge in [0.1, 0.15) is 0 Å². The van der Waals surface area contributed by atoms with E-state index in [1.54, 1.807) is 7.05 Å².